The molecule has 2 amide bonds. The van der Waals surface area contributed by atoms with Crippen molar-refractivity contribution < 1.29 is 23.1 Å². The largest absolute Gasteiger partial charge is 0.450 e. The van der Waals surface area contributed by atoms with Crippen LogP contribution in [0.5, 0.6) is 0 Å². The highest BCUT2D eigenvalue weighted by molar-refractivity contribution is 5.79. The Morgan fingerprint density at radius 2 is 2.11 bits per heavy atom. The van der Waals surface area contributed by atoms with Gasteiger partial charge in [0.15, 0.2) is 0 Å². The number of carbonyl (C=O) groups is 2. The van der Waals surface area contributed by atoms with Crippen LogP contribution in [0.25, 0.3) is 11.5 Å². The first-order valence-corrected chi connectivity index (χ1v) is 9.39. The lowest BCUT2D eigenvalue weighted by Crippen LogP contribution is -2.47. The van der Waals surface area contributed by atoms with E-state index in [-0.39, 0.29) is 30.3 Å². The Morgan fingerprint density at radius 1 is 1.36 bits per heavy atom. The molecule has 1 N–H and O–H groups in total. The Hall–Kier alpha value is -2.90. The molecule has 2 aromatic rings. The number of benzene rings is 1. The summed E-state index contributed by atoms with van der Waals surface area (Å²) in [5.41, 5.74) is 1.06. The minimum Gasteiger partial charge on any atom is -0.450 e. The van der Waals surface area contributed by atoms with E-state index in [4.69, 9.17) is 9.15 Å². The van der Waals surface area contributed by atoms with E-state index in [0.29, 0.717) is 55.4 Å². The maximum Gasteiger partial charge on any atom is 0.409 e. The van der Waals surface area contributed by atoms with Crippen LogP contribution in [0.4, 0.5) is 9.18 Å². The van der Waals surface area contributed by atoms with Gasteiger partial charge in [-0.25, -0.2) is 14.2 Å². The Labute approximate surface area is 162 Å². The van der Waals surface area contributed by atoms with Gasteiger partial charge in [0.25, 0.3) is 0 Å². The van der Waals surface area contributed by atoms with Crippen molar-refractivity contribution in [2.45, 2.75) is 39.2 Å². The van der Waals surface area contributed by atoms with Gasteiger partial charge in [0.1, 0.15) is 11.6 Å². The van der Waals surface area contributed by atoms with Gasteiger partial charge in [-0.2, -0.15) is 0 Å². The van der Waals surface area contributed by atoms with Crippen LogP contribution in [0, 0.1) is 12.7 Å². The second kappa shape index (κ2) is 8.86. The molecule has 1 aromatic carbocycles. The van der Waals surface area contributed by atoms with Gasteiger partial charge < -0.3 is 19.4 Å². The number of likely N-dealkylation sites (tertiary alicyclic amines) is 1. The fourth-order valence-corrected chi connectivity index (χ4v) is 3.19. The highest BCUT2D eigenvalue weighted by Gasteiger charge is 2.25. The average Bonchev–Trinajstić information content (AvgIpc) is 3.03. The van der Waals surface area contributed by atoms with E-state index in [1.54, 1.807) is 30.9 Å². The van der Waals surface area contributed by atoms with E-state index in [1.807, 2.05) is 0 Å². The zero-order chi connectivity index (χ0) is 20.1. The molecule has 28 heavy (non-hydrogen) atoms. The van der Waals surface area contributed by atoms with E-state index in [0.717, 1.165) is 0 Å². The van der Waals surface area contributed by atoms with E-state index in [9.17, 15) is 14.0 Å². The molecule has 0 bridgehead atoms. The fraction of sp³-hybridized carbons (Fsp3) is 0.450. The second-order valence-electron chi connectivity index (χ2n) is 6.74. The molecular formula is C20H24FN3O4. The number of amides is 2. The number of rotatable bonds is 5. The van der Waals surface area contributed by atoms with Crippen LogP contribution >= 0.6 is 0 Å². The van der Waals surface area contributed by atoms with Gasteiger partial charge in [-0.05, 0) is 44.9 Å². The first-order valence-electron chi connectivity index (χ1n) is 9.39. The van der Waals surface area contributed by atoms with Gasteiger partial charge in [-0.15, -0.1) is 0 Å². The summed E-state index contributed by atoms with van der Waals surface area (Å²) in [6.45, 7) is 4.96. The van der Waals surface area contributed by atoms with Crippen molar-refractivity contribution in [3.8, 4) is 11.5 Å². The van der Waals surface area contributed by atoms with Gasteiger partial charge in [0.05, 0.1) is 18.7 Å². The van der Waals surface area contributed by atoms with Crippen molar-refractivity contribution in [2.24, 2.45) is 0 Å². The zero-order valence-corrected chi connectivity index (χ0v) is 16.0. The van der Waals surface area contributed by atoms with Crippen LogP contribution in [0.1, 0.15) is 31.2 Å². The van der Waals surface area contributed by atoms with E-state index in [2.05, 4.69) is 10.3 Å². The smallest absolute Gasteiger partial charge is 0.409 e. The molecule has 0 spiro atoms. The number of hydrogen-bond donors (Lipinski definition) is 1. The summed E-state index contributed by atoms with van der Waals surface area (Å²) in [5.74, 6) is 0.299. The predicted octanol–water partition coefficient (Wildman–Crippen LogP) is 3.07. The Bertz CT molecular complexity index is 844. The van der Waals surface area contributed by atoms with Crippen LogP contribution in [0.15, 0.2) is 28.7 Å². The van der Waals surface area contributed by atoms with E-state index < -0.39 is 0 Å². The van der Waals surface area contributed by atoms with Gasteiger partial charge in [-0.1, -0.05) is 6.07 Å². The summed E-state index contributed by atoms with van der Waals surface area (Å²) in [6, 6.07) is 5.98. The van der Waals surface area contributed by atoms with Crippen molar-refractivity contribution in [3.05, 3.63) is 41.5 Å². The number of carbonyl (C=O) groups excluding carboxylic acids is 2. The maximum absolute atomic E-state index is 13.4. The molecule has 0 atom stereocenters. The first-order chi connectivity index (χ1) is 13.5. The minimum atomic E-state index is -0.373. The number of halogens is 1. The molecule has 150 valence electrons. The minimum absolute atomic E-state index is 0.00748. The molecule has 0 unspecified atom stereocenters. The number of ether oxygens (including phenoxy) is 1. The Balaban J connectivity index is 1.54. The molecule has 1 aliphatic heterocycles. The van der Waals surface area contributed by atoms with Crippen LogP contribution in [0.2, 0.25) is 0 Å². The third-order valence-corrected chi connectivity index (χ3v) is 4.68. The van der Waals surface area contributed by atoms with Crippen molar-refractivity contribution >= 4 is 12.0 Å². The molecule has 2 heterocycles. The van der Waals surface area contributed by atoms with Gasteiger partial charge in [0.2, 0.25) is 11.8 Å². The summed E-state index contributed by atoms with van der Waals surface area (Å²) < 4.78 is 24.0. The number of nitrogens with zero attached hydrogens (tertiary/aromatic N) is 2. The van der Waals surface area contributed by atoms with Gasteiger partial charge in [-0.3, -0.25) is 4.79 Å². The number of hydrogen-bond acceptors (Lipinski definition) is 5. The van der Waals surface area contributed by atoms with Crippen molar-refractivity contribution in [1.29, 1.82) is 0 Å². The number of aromatic nitrogens is 1. The quantitative estimate of drug-likeness (QED) is 0.850. The molecule has 0 radical (unpaired) electrons. The number of piperidine rings is 1. The molecule has 1 saturated heterocycles. The normalized spacial score (nSPS) is 14.8. The average molecular weight is 389 g/mol. The number of oxazole rings is 1. The SMILES string of the molecule is CCOC(=O)N1CCC(NC(=O)Cc2nc(-c3cccc(F)c3)oc2C)CC1. The summed E-state index contributed by atoms with van der Waals surface area (Å²) in [5, 5.41) is 2.98. The lowest BCUT2D eigenvalue weighted by Gasteiger charge is -2.31. The monoisotopic (exact) mass is 389 g/mol. The lowest BCUT2D eigenvalue weighted by atomic mass is 10.1. The van der Waals surface area contributed by atoms with E-state index >= 15 is 0 Å². The lowest BCUT2D eigenvalue weighted by molar-refractivity contribution is -0.121. The highest BCUT2D eigenvalue weighted by Crippen LogP contribution is 2.22. The molecule has 3 rings (SSSR count). The predicted molar refractivity (Wildman–Crippen MR) is 100 cm³/mol. The Morgan fingerprint density at radius 3 is 2.79 bits per heavy atom. The van der Waals surface area contributed by atoms with Crippen molar-refractivity contribution in [3.63, 3.8) is 0 Å². The van der Waals surface area contributed by atoms with Crippen LogP contribution in [-0.2, 0) is 16.0 Å². The summed E-state index contributed by atoms with van der Waals surface area (Å²) in [4.78, 5) is 30.1. The van der Waals surface area contributed by atoms with Crippen molar-refractivity contribution in [1.82, 2.24) is 15.2 Å². The first kappa shape index (κ1) is 19.9. The summed E-state index contributed by atoms with van der Waals surface area (Å²) >= 11 is 0. The molecular weight excluding hydrogens is 365 g/mol. The highest BCUT2D eigenvalue weighted by atomic mass is 19.1. The van der Waals surface area contributed by atoms with E-state index in [1.165, 1.54) is 12.1 Å². The fourth-order valence-electron chi connectivity index (χ4n) is 3.19. The number of aryl methyl sites for hydroxylation is 1. The molecule has 7 nitrogen and oxygen atoms in total. The molecule has 0 aliphatic carbocycles. The zero-order valence-electron chi connectivity index (χ0n) is 16.0. The maximum atomic E-state index is 13.4. The topological polar surface area (TPSA) is 84.7 Å². The summed E-state index contributed by atoms with van der Waals surface area (Å²) in [6.07, 6.45) is 1.13. The molecule has 8 heteroatoms. The summed E-state index contributed by atoms with van der Waals surface area (Å²) in [7, 11) is 0. The van der Waals surface area contributed by atoms with Crippen molar-refractivity contribution in [2.75, 3.05) is 19.7 Å². The molecule has 1 aromatic heterocycles. The number of nitrogens with one attached hydrogen (secondary N) is 1. The van der Waals surface area contributed by atoms with Crippen LogP contribution in [0.3, 0.4) is 0 Å². The standard InChI is InChI=1S/C20H24FN3O4/c1-3-27-20(26)24-9-7-16(8-10-24)22-18(25)12-17-13(2)28-19(23-17)14-5-4-6-15(21)11-14/h4-6,11,16H,3,7-10,12H2,1-2H3,(H,22,25). The Kier molecular flexibility index (Phi) is 6.28. The third kappa shape index (κ3) is 4.88. The van der Waals surface area contributed by atoms with Crippen LogP contribution in [-0.4, -0.2) is 47.6 Å². The van der Waals surface area contributed by atoms with Gasteiger partial charge >= 0.3 is 6.09 Å². The van der Waals surface area contributed by atoms with Gasteiger partial charge in [0, 0.05) is 24.7 Å². The molecule has 1 aliphatic rings. The third-order valence-electron chi connectivity index (χ3n) is 4.68. The molecule has 0 saturated carbocycles. The second-order valence-corrected chi connectivity index (χ2v) is 6.74. The van der Waals surface area contributed by atoms with Crippen LogP contribution < -0.4 is 5.32 Å². The molecule has 1 fully saturated rings.